The highest BCUT2D eigenvalue weighted by Crippen LogP contribution is 2.26. The summed E-state index contributed by atoms with van der Waals surface area (Å²) in [5.74, 6) is -1.45. The molecule has 5 nitrogen and oxygen atoms in total. The van der Waals surface area contributed by atoms with Crippen LogP contribution in [0.3, 0.4) is 0 Å². The topological polar surface area (TPSA) is 55.8 Å². The Hall–Kier alpha value is -2.56. The summed E-state index contributed by atoms with van der Waals surface area (Å²) in [6, 6.07) is 0. The lowest BCUT2D eigenvalue weighted by Gasteiger charge is -2.28. The van der Waals surface area contributed by atoms with Gasteiger partial charge in [0, 0.05) is 11.9 Å². The van der Waals surface area contributed by atoms with Gasteiger partial charge in [-0.05, 0) is 24.3 Å². The van der Waals surface area contributed by atoms with Crippen molar-refractivity contribution in [3.05, 3.63) is 59.6 Å². The van der Waals surface area contributed by atoms with Crippen LogP contribution in [0, 0.1) is 0 Å². The molecule has 0 amide bonds. The van der Waals surface area contributed by atoms with Crippen molar-refractivity contribution in [2.75, 3.05) is 14.2 Å². The van der Waals surface area contributed by atoms with E-state index in [4.69, 9.17) is 0 Å². The van der Waals surface area contributed by atoms with Gasteiger partial charge in [-0.15, -0.1) is 0 Å². The smallest absolute Gasteiger partial charge is 0.347 e. The molecule has 0 saturated heterocycles. The average Bonchev–Trinajstić information content (AvgIpc) is 2.47. The van der Waals surface area contributed by atoms with Crippen LogP contribution in [0.5, 0.6) is 0 Å². The maximum absolute atomic E-state index is 11.8. The van der Waals surface area contributed by atoms with E-state index in [1.165, 1.54) is 14.2 Å². The Bertz CT molecular complexity index is 546. The standard InChI is InChI=1S/C14H13NO4/c1-18-13(16)12(14(17)19-2)11-8-5-7-10-6-3-4-9-15(10)11/h3-9H,1-2H3. The van der Waals surface area contributed by atoms with E-state index >= 15 is 0 Å². The predicted octanol–water partition coefficient (Wildman–Crippen LogP) is 1.43. The van der Waals surface area contributed by atoms with Gasteiger partial charge in [0.15, 0.2) is 5.57 Å². The molecule has 0 unspecified atom stereocenters. The van der Waals surface area contributed by atoms with Gasteiger partial charge in [-0.25, -0.2) is 9.59 Å². The van der Waals surface area contributed by atoms with E-state index in [1.54, 1.807) is 23.3 Å². The van der Waals surface area contributed by atoms with Crippen LogP contribution in [0.25, 0.3) is 0 Å². The molecule has 0 radical (unpaired) electrons. The highest BCUT2D eigenvalue weighted by atomic mass is 16.5. The Labute approximate surface area is 110 Å². The maximum Gasteiger partial charge on any atom is 0.347 e. The monoisotopic (exact) mass is 259 g/mol. The fourth-order valence-corrected chi connectivity index (χ4v) is 1.83. The first kappa shape index (κ1) is 12.9. The summed E-state index contributed by atoms with van der Waals surface area (Å²) in [7, 11) is 2.45. The number of allylic oxidation sites excluding steroid dienone is 6. The van der Waals surface area contributed by atoms with Gasteiger partial charge in [-0.3, -0.25) is 0 Å². The number of carbonyl (C=O) groups is 2. The van der Waals surface area contributed by atoms with E-state index in [2.05, 4.69) is 9.47 Å². The van der Waals surface area contributed by atoms with Crippen molar-refractivity contribution in [3.8, 4) is 0 Å². The fourth-order valence-electron chi connectivity index (χ4n) is 1.83. The molecule has 2 heterocycles. The summed E-state index contributed by atoms with van der Waals surface area (Å²) in [4.78, 5) is 25.3. The molecule has 5 heteroatoms. The minimum atomic E-state index is -0.726. The summed E-state index contributed by atoms with van der Waals surface area (Å²) in [6.07, 6.45) is 12.6. The van der Waals surface area contributed by atoms with Crippen LogP contribution in [-0.2, 0) is 19.1 Å². The minimum absolute atomic E-state index is 0.133. The molecule has 0 N–H and O–H groups in total. The first-order valence-electron chi connectivity index (χ1n) is 5.62. The van der Waals surface area contributed by atoms with Crippen molar-refractivity contribution in [1.29, 1.82) is 0 Å². The number of methoxy groups -OCH3 is 2. The maximum atomic E-state index is 11.8. The first-order valence-corrected chi connectivity index (χ1v) is 5.62. The van der Waals surface area contributed by atoms with E-state index in [0.717, 1.165) is 5.70 Å². The van der Waals surface area contributed by atoms with Crippen molar-refractivity contribution in [1.82, 2.24) is 4.90 Å². The summed E-state index contributed by atoms with van der Waals surface area (Å²) in [6.45, 7) is 0. The number of ether oxygens (including phenoxy) is 2. The Morgan fingerprint density at radius 1 is 1.00 bits per heavy atom. The quantitative estimate of drug-likeness (QED) is 0.325. The largest absolute Gasteiger partial charge is 0.465 e. The van der Waals surface area contributed by atoms with Gasteiger partial charge in [-0.1, -0.05) is 12.2 Å². The summed E-state index contributed by atoms with van der Waals surface area (Å²) >= 11 is 0. The molecule has 2 aliphatic rings. The third-order valence-corrected chi connectivity index (χ3v) is 2.71. The number of esters is 2. The number of nitrogens with zero attached hydrogens (tertiary/aromatic N) is 1. The number of rotatable bonds is 2. The van der Waals surface area contributed by atoms with Crippen LogP contribution in [-0.4, -0.2) is 31.1 Å². The Morgan fingerprint density at radius 2 is 1.68 bits per heavy atom. The number of carbonyl (C=O) groups excluding carboxylic acids is 2. The fraction of sp³-hybridized carbons (Fsp3) is 0.143. The van der Waals surface area contributed by atoms with Crippen LogP contribution in [0.4, 0.5) is 0 Å². The molecule has 0 saturated carbocycles. The predicted molar refractivity (Wildman–Crippen MR) is 68.4 cm³/mol. The molecule has 0 fully saturated rings. The van der Waals surface area contributed by atoms with E-state index < -0.39 is 11.9 Å². The third-order valence-electron chi connectivity index (χ3n) is 2.71. The summed E-state index contributed by atoms with van der Waals surface area (Å²) in [5.41, 5.74) is 1.15. The third kappa shape index (κ3) is 2.35. The van der Waals surface area contributed by atoms with Gasteiger partial charge >= 0.3 is 11.9 Å². The van der Waals surface area contributed by atoms with Crippen molar-refractivity contribution >= 4 is 11.9 Å². The van der Waals surface area contributed by atoms with Crippen molar-refractivity contribution in [2.45, 2.75) is 0 Å². The lowest BCUT2D eigenvalue weighted by Crippen LogP contribution is -2.26. The molecule has 19 heavy (non-hydrogen) atoms. The zero-order valence-corrected chi connectivity index (χ0v) is 10.6. The first-order chi connectivity index (χ1) is 9.19. The zero-order chi connectivity index (χ0) is 13.8. The van der Waals surface area contributed by atoms with Crippen LogP contribution < -0.4 is 0 Å². The van der Waals surface area contributed by atoms with E-state index in [9.17, 15) is 9.59 Å². The van der Waals surface area contributed by atoms with Crippen LogP contribution in [0.1, 0.15) is 0 Å². The van der Waals surface area contributed by atoms with Crippen LogP contribution in [0.2, 0.25) is 0 Å². The normalized spacial score (nSPS) is 15.8. The molecule has 0 spiro atoms. The summed E-state index contributed by atoms with van der Waals surface area (Å²) < 4.78 is 9.30. The van der Waals surface area contributed by atoms with E-state index in [0.29, 0.717) is 5.70 Å². The Morgan fingerprint density at radius 3 is 2.32 bits per heavy atom. The van der Waals surface area contributed by atoms with Crippen molar-refractivity contribution in [3.63, 3.8) is 0 Å². The van der Waals surface area contributed by atoms with Crippen molar-refractivity contribution in [2.24, 2.45) is 0 Å². The molecule has 0 bridgehead atoms. The number of hydrogen-bond donors (Lipinski definition) is 0. The molecule has 0 aromatic rings. The molecule has 0 aliphatic carbocycles. The molecule has 2 aliphatic heterocycles. The molecule has 0 aromatic carbocycles. The minimum Gasteiger partial charge on any atom is -0.465 e. The van der Waals surface area contributed by atoms with Gasteiger partial charge in [0.2, 0.25) is 0 Å². The van der Waals surface area contributed by atoms with Gasteiger partial charge < -0.3 is 14.4 Å². The van der Waals surface area contributed by atoms with Crippen molar-refractivity contribution < 1.29 is 19.1 Å². The molecular weight excluding hydrogens is 246 g/mol. The van der Waals surface area contributed by atoms with Crippen LogP contribution >= 0.6 is 0 Å². The molecule has 2 rings (SSSR count). The van der Waals surface area contributed by atoms with Gasteiger partial charge in [0.1, 0.15) is 0 Å². The Balaban J connectivity index is 2.54. The second-order valence-corrected chi connectivity index (χ2v) is 3.76. The highest BCUT2D eigenvalue weighted by Gasteiger charge is 2.28. The lowest BCUT2D eigenvalue weighted by molar-refractivity contribution is -0.144. The lowest BCUT2D eigenvalue weighted by atomic mass is 10.1. The average molecular weight is 259 g/mol. The van der Waals surface area contributed by atoms with E-state index in [-0.39, 0.29) is 5.57 Å². The second-order valence-electron chi connectivity index (χ2n) is 3.76. The zero-order valence-electron chi connectivity index (χ0n) is 10.6. The highest BCUT2D eigenvalue weighted by molar-refractivity contribution is 6.15. The van der Waals surface area contributed by atoms with Crippen LogP contribution in [0.15, 0.2) is 59.6 Å². The van der Waals surface area contributed by atoms with Gasteiger partial charge in [0.05, 0.1) is 19.9 Å². The Kier molecular flexibility index (Phi) is 3.66. The molecule has 98 valence electrons. The molecular formula is C14H13NO4. The van der Waals surface area contributed by atoms with E-state index in [1.807, 2.05) is 24.3 Å². The van der Waals surface area contributed by atoms with Gasteiger partial charge in [0.25, 0.3) is 0 Å². The summed E-state index contributed by atoms with van der Waals surface area (Å²) in [5, 5.41) is 0. The molecule has 0 aromatic heterocycles. The number of hydrogen-bond acceptors (Lipinski definition) is 5. The molecule has 0 atom stereocenters. The number of fused-ring (bicyclic) bond motifs is 1. The van der Waals surface area contributed by atoms with Gasteiger partial charge in [-0.2, -0.15) is 0 Å². The second kappa shape index (κ2) is 5.39. The SMILES string of the molecule is COC(=O)C(C(=O)OC)=C1C=CC=C2C=CC=CN21.